The molecule has 6 nitrogen and oxygen atoms in total. The summed E-state index contributed by atoms with van der Waals surface area (Å²) in [5, 5.41) is 0.864. The van der Waals surface area contributed by atoms with E-state index in [1.54, 1.807) is 4.90 Å². The number of rotatable bonds is 3. The van der Waals surface area contributed by atoms with Gasteiger partial charge in [-0.15, -0.1) is 0 Å². The molecule has 4 rings (SSSR count). The highest BCUT2D eigenvalue weighted by atomic mass is 16.7. The van der Waals surface area contributed by atoms with E-state index in [1.165, 1.54) is 0 Å². The zero-order valence-corrected chi connectivity index (χ0v) is 12.4. The van der Waals surface area contributed by atoms with Crippen LogP contribution in [0.3, 0.4) is 0 Å². The molecular weight excluding hydrogens is 284 g/mol. The molecule has 0 aromatic heterocycles. The van der Waals surface area contributed by atoms with Crippen LogP contribution in [0.4, 0.5) is 0 Å². The fraction of sp³-hybridized carbons (Fsp3) is 0.688. The number of hydrogen-bond acceptors (Lipinski definition) is 4. The van der Waals surface area contributed by atoms with Crippen molar-refractivity contribution >= 4 is 17.7 Å². The van der Waals surface area contributed by atoms with Gasteiger partial charge in [0.25, 0.3) is 17.7 Å². The molecule has 3 fully saturated rings. The van der Waals surface area contributed by atoms with Crippen molar-refractivity contribution in [2.75, 3.05) is 19.7 Å². The van der Waals surface area contributed by atoms with Gasteiger partial charge in [0.2, 0.25) is 0 Å². The van der Waals surface area contributed by atoms with Crippen LogP contribution in [0.1, 0.15) is 25.7 Å². The highest BCUT2D eigenvalue weighted by Crippen LogP contribution is 2.52. The molecule has 2 heterocycles. The first kappa shape index (κ1) is 13.9. The normalized spacial score (nSPS) is 36.4. The third-order valence-electron chi connectivity index (χ3n) is 5.46. The second-order valence-corrected chi connectivity index (χ2v) is 6.69. The van der Waals surface area contributed by atoms with Gasteiger partial charge < -0.3 is 4.90 Å². The fourth-order valence-electron chi connectivity index (χ4n) is 4.36. The molecule has 1 saturated carbocycles. The minimum Gasteiger partial charge on any atom is -0.341 e. The highest BCUT2D eigenvalue weighted by Gasteiger charge is 2.60. The molecule has 3 amide bonds. The van der Waals surface area contributed by atoms with E-state index in [2.05, 4.69) is 0 Å². The maximum atomic E-state index is 12.4. The van der Waals surface area contributed by atoms with Gasteiger partial charge in [0.05, 0.1) is 11.8 Å². The number of hydrogen-bond donors (Lipinski definition) is 0. The van der Waals surface area contributed by atoms with Crippen LogP contribution in [-0.2, 0) is 19.2 Å². The molecule has 2 saturated heterocycles. The van der Waals surface area contributed by atoms with Crippen LogP contribution in [0, 0.1) is 23.7 Å². The molecule has 4 aliphatic rings. The van der Waals surface area contributed by atoms with Crippen LogP contribution >= 0.6 is 0 Å². The van der Waals surface area contributed by atoms with E-state index < -0.39 is 0 Å². The van der Waals surface area contributed by atoms with Gasteiger partial charge in [-0.05, 0) is 37.5 Å². The Balaban J connectivity index is 1.39. The van der Waals surface area contributed by atoms with Crippen LogP contribution in [0.2, 0.25) is 0 Å². The zero-order valence-electron chi connectivity index (χ0n) is 12.4. The minimum absolute atomic E-state index is 0.140. The number of fused-ring (bicyclic) bond motifs is 5. The van der Waals surface area contributed by atoms with Crippen molar-refractivity contribution in [1.82, 2.24) is 9.96 Å². The molecule has 0 radical (unpaired) electrons. The molecule has 118 valence electrons. The second-order valence-electron chi connectivity index (χ2n) is 6.69. The summed E-state index contributed by atoms with van der Waals surface area (Å²) in [4.78, 5) is 44.0. The number of imide groups is 1. The molecular formula is C16H20N2O4. The Labute approximate surface area is 129 Å². The number of carbonyl (C=O) groups excluding carboxylic acids is 3. The molecule has 0 N–H and O–H groups in total. The maximum Gasteiger partial charge on any atom is 0.258 e. The number of likely N-dealkylation sites (tertiary alicyclic amines) is 1. The third kappa shape index (κ3) is 2.00. The molecule has 2 aliphatic carbocycles. The van der Waals surface area contributed by atoms with Crippen molar-refractivity contribution < 1.29 is 19.2 Å². The first-order chi connectivity index (χ1) is 10.7. The van der Waals surface area contributed by atoms with Gasteiger partial charge in [0.15, 0.2) is 6.61 Å². The molecule has 0 aromatic rings. The van der Waals surface area contributed by atoms with Gasteiger partial charge in [-0.2, -0.15) is 5.06 Å². The Morgan fingerprint density at radius 2 is 1.64 bits per heavy atom. The standard InChI is InChI=1S/C16H20N2O4/c19-12(17-6-2-1-3-7-17)9-22-18-15(20)13-10-4-5-11(8-10)14(13)16(18)21/h4-5,10-11,13-14H,1-3,6-9H2/t10-,11-,13-,14-/m0/s1. The monoisotopic (exact) mass is 304 g/mol. The quantitative estimate of drug-likeness (QED) is 0.570. The summed E-state index contributed by atoms with van der Waals surface area (Å²) >= 11 is 0. The predicted molar refractivity (Wildman–Crippen MR) is 76.0 cm³/mol. The molecule has 22 heavy (non-hydrogen) atoms. The Kier molecular flexibility index (Phi) is 3.29. The molecule has 0 unspecified atom stereocenters. The Hall–Kier alpha value is -1.69. The van der Waals surface area contributed by atoms with E-state index in [-0.39, 0.29) is 48.0 Å². The van der Waals surface area contributed by atoms with E-state index in [0.717, 1.165) is 43.8 Å². The third-order valence-corrected chi connectivity index (χ3v) is 5.46. The van der Waals surface area contributed by atoms with Gasteiger partial charge in [-0.1, -0.05) is 12.2 Å². The zero-order chi connectivity index (χ0) is 15.3. The Morgan fingerprint density at radius 1 is 1.05 bits per heavy atom. The van der Waals surface area contributed by atoms with Gasteiger partial charge in [-0.3, -0.25) is 19.2 Å². The molecule has 0 aromatic carbocycles. The topological polar surface area (TPSA) is 66.9 Å². The lowest BCUT2D eigenvalue weighted by Crippen LogP contribution is -2.41. The van der Waals surface area contributed by atoms with E-state index in [9.17, 15) is 14.4 Å². The summed E-state index contributed by atoms with van der Waals surface area (Å²) in [6.45, 7) is 1.26. The van der Waals surface area contributed by atoms with Crippen LogP contribution in [0.25, 0.3) is 0 Å². The van der Waals surface area contributed by atoms with E-state index >= 15 is 0 Å². The van der Waals surface area contributed by atoms with E-state index in [0.29, 0.717) is 0 Å². The summed E-state index contributed by atoms with van der Waals surface area (Å²) in [5.41, 5.74) is 0. The van der Waals surface area contributed by atoms with E-state index in [1.807, 2.05) is 12.2 Å². The van der Waals surface area contributed by atoms with Crippen molar-refractivity contribution in [2.45, 2.75) is 25.7 Å². The number of amides is 3. The molecule has 0 spiro atoms. The van der Waals surface area contributed by atoms with Crippen molar-refractivity contribution in [3.63, 3.8) is 0 Å². The summed E-state index contributed by atoms with van der Waals surface area (Å²) in [7, 11) is 0. The molecule has 6 heteroatoms. The lowest BCUT2D eigenvalue weighted by molar-refractivity contribution is -0.193. The number of carbonyl (C=O) groups is 3. The largest absolute Gasteiger partial charge is 0.341 e. The number of nitrogens with zero attached hydrogens (tertiary/aromatic N) is 2. The van der Waals surface area contributed by atoms with Crippen molar-refractivity contribution in [3.05, 3.63) is 12.2 Å². The van der Waals surface area contributed by atoms with Crippen molar-refractivity contribution in [2.24, 2.45) is 23.7 Å². The van der Waals surface area contributed by atoms with Gasteiger partial charge in [-0.25, -0.2) is 0 Å². The summed E-state index contributed by atoms with van der Waals surface area (Å²) in [5.74, 6) is -0.883. The summed E-state index contributed by atoms with van der Waals surface area (Å²) < 4.78 is 0. The van der Waals surface area contributed by atoms with Crippen LogP contribution in [-0.4, -0.2) is 47.4 Å². The number of piperidine rings is 1. The molecule has 2 aliphatic heterocycles. The first-order valence-electron chi connectivity index (χ1n) is 8.13. The number of allylic oxidation sites excluding steroid dienone is 2. The Bertz CT molecular complexity index is 522. The highest BCUT2D eigenvalue weighted by molar-refractivity contribution is 6.05. The Morgan fingerprint density at radius 3 is 2.23 bits per heavy atom. The van der Waals surface area contributed by atoms with Crippen LogP contribution in [0.15, 0.2) is 12.2 Å². The molecule has 2 bridgehead atoms. The lowest BCUT2D eigenvalue weighted by Gasteiger charge is -2.27. The lowest BCUT2D eigenvalue weighted by atomic mass is 9.85. The number of hydroxylamine groups is 2. The summed E-state index contributed by atoms with van der Waals surface area (Å²) in [6, 6.07) is 0. The van der Waals surface area contributed by atoms with Gasteiger partial charge in [0.1, 0.15) is 0 Å². The molecule has 4 atom stereocenters. The predicted octanol–water partition coefficient (Wildman–Crippen LogP) is 0.738. The summed E-state index contributed by atoms with van der Waals surface area (Å²) in [6.07, 6.45) is 8.14. The van der Waals surface area contributed by atoms with Crippen LogP contribution < -0.4 is 0 Å². The van der Waals surface area contributed by atoms with Crippen LogP contribution in [0.5, 0.6) is 0 Å². The average Bonchev–Trinajstić information content (AvgIpc) is 3.21. The van der Waals surface area contributed by atoms with Crippen molar-refractivity contribution in [3.8, 4) is 0 Å². The van der Waals surface area contributed by atoms with Gasteiger partial charge >= 0.3 is 0 Å². The second kappa shape index (κ2) is 5.19. The van der Waals surface area contributed by atoms with Crippen molar-refractivity contribution in [1.29, 1.82) is 0 Å². The average molecular weight is 304 g/mol. The maximum absolute atomic E-state index is 12.4. The van der Waals surface area contributed by atoms with E-state index in [4.69, 9.17) is 4.84 Å². The first-order valence-corrected chi connectivity index (χ1v) is 8.13. The fourth-order valence-corrected chi connectivity index (χ4v) is 4.36. The smallest absolute Gasteiger partial charge is 0.258 e. The minimum atomic E-state index is -0.271. The van der Waals surface area contributed by atoms with Gasteiger partial charge in [0, 0.05) is 13.1 Å². The SMILES string of the molecule is O=C(CON1C(=O)[C@@H]2[C@@H](C1=O)[C@H]1C=C[C@H]2C1)N1CCCCC1.